The molecule has 2 aliphatic rings. The fourth-order valence-corrected chi connectivity index (χ4v) is 4.10. The van der Waals surface area contributed by atoms with Crippen molar-refractivity contribution in [3.05, 3.63) is 53.3 Å². The fourth-order valence-electron chi connectivity index (χ4n) is 3.93. The lowest BCUT2D eigenvalue weighted by molar-refractivity contribution is -0.126. The summed E-state index contributed by atoms with van der Waals surface area (Å²) in [5.74, 6) is 0.607. The van der Waals surface area contributed by atoms with E-state index < -0.39 is 0 Å². The predicted octanol–water partition coefficient (Wildman–Crippen LogP) is 3.47. The Morgan fingerprint density at radius 2 is 2.07 bits per heavy atom. The van der Waals surface area contributed by atoms with Crippen LogP contribution in [0.3, 0.4) is 0 Å². The largest absolute Gasteiger partial charge is 0.487 e. The van der Waals surface area contributed by atoms with Crippen LogP contribution in [-0.4, -0.2) is 47.6 Å². The Labute approximate surface area is 181 Å². The SMILES string of the molecule is CC1CN(C(=O)N2CCC(C(=O)NCc3cccnc3)CC2)c2cc(Cl)ccc2O1. The number of urea groups is 1. The van der Waals surface area contributed by atoms with Crippen LogP contribution in [-0.2, 0) is 11.3 Å². The molecule has 2 aliphatic heterocycles. The van der Waals surface area contributed by atoms with Gasteiger partial charge in [-0.05, 0) is 49.6 Å². The summed E-state index contributed by atoms with van der Waals surface area (Å²) in [5, 5.41) is 3.54. The number of anilines is 1. The minimum atomic E-state index is -0.0987. The molecule has 0 spiro atoms. The molecule has 1 unspecified atom stereocenters. The first-order chi connectivity index (χ1) is 14.5. The van der Waals surface area contributed by atoms with Gasteiger partial charge >= 0.3 is 6.03 Å². The summed E-state index contributed by atoms with van der Waals surface area (Å²) in [7, 11) is 0. The molecule has 1 N–H and O–H groups in total. The van der Waals surface area contributed by atoms with E-state index in [1.807, 2.05) is 24.0 Å². The maximum absolute atomic E-state index is 13.2. The number of nitrogens with zero attached hydrogens (tertiary/aromatic N) is 3. The third-order valence-corrected chi connectivity index (χ3v) is 5.77. The van der Waals surface area contributed by atoms with Crippen molar-refractivity contribution in [1.82, 2.24) is 15.2 Å². The lowest BCUT2D eigenvalue weighted by Crippen LogP contribution is -2.52. The van der Waals surface area contributed by atoms with Crippen molar-refractivity contribution in [3.63, 3.8) is 0 Å². The summed E-state index contributed by atoms with van der Waals surface area (Å²) in [5.41, 5.74) is 1.67. The van der Waals surface area contributed by atoms with Gasteiger partial charge in [-0.3, -0.25) is 14.7 Å². The van der Waals surface area contributed by atoms with Gasteiger partial charge in [-0.1, -0.05) is 17.7 Å². The van der Waals surface area contributed by atoms with E-state index in [2.05, 4.69) is 10.3 Å². The number of carbonyl (C=O) groups is 2. The number of rotatable bonds is 3. The zero-order valence-corrected chi connectivity index (χ0v) is 17.6. The molecule has 1 aromatic carbocycles. The van der Waals surface area contributed by atoms with E-state index in [4.69, 9.17) is 16.3 Å². The zero-order valence-electron chi connectivity index (χ0n) is 16.9. The maximum atomic E-state index is 13.2. The number of piperidine rings is 1. The highest BCUT2D eigenvalue weighted by molar-refractivity contribution is 6.31. The van der Waals surface area contributed by atoms with Gasteiger partial charge in [0.25, 0.3) is 0 Å². The average Bonchev–Trinajstić information content (AvgIpc) is 2.77. The van der Waals surface area contributed by atoms with Gasteiger partial charge in [-0.2, -0.15) is 0 Å². The Hall–Kier alpha value is -2.80. The molecule has 158 valence electrons. The zero-order chi connectivity index (χ0) is 21.1. The molecule has 4 rings (SSSR count). The second kappa shape index (κ2) is 8.92. The molecule has 7 nitrogen and oxygen atoms in total. The minimum Gasteiger partial charge on any atom is -0.487 e. The second-order valence-corrected chi connectivity index (χ2v) is 8.21. The molecule has 0 radical (unpaired) electrons. The van der Waals surface area contributed by atoms with E-state index in [-0.39, 0.29) is 24.0 Å². The Bertz CT molecular complexity index is 916. The number of pyridine rings is 1. The highest BCUT2D eigenvalue weighted by Gasteiger charge is 2.34. The first kappa shape index (κ1) is 20.5. The number of amides is 3. The van der Waals surface area contributed by atoms with Crippen molar-refractivity contribution in [2.45, 2.75) is 32.4 Å². The van der Waals surface area contributed by atoms with Gasteiger partial charge in [0, 0.05) is 43.0 Å². The molecule has 1 fully saturated rings. The normalized spacial score (nSPS) is 19.1. The summed E-state index contributed by atoms with van der Waals surface area (Å²) >= 11 is 6.14. The topological polar surface area (TPSA) is 74.8 Å². The fraction of sp³-hybridized carbons (Fsp3) is 0.409. The van der Waals surface area contributed by atoms with Crippen LogP contribution in [0.4, 0.5) is 10.5 Å². The molecule has 0 bridgehead atoms. The Balaban J connectivity index is 1.34. The number of likely N-dealkylation sites (tertiary alicyclic amines) is 1. The van der Waals surface area contributed by atoms with Crippen molar-refractivity contribution >= 4 is 29.2 Å². The van der Waals surface area contributed by atoms with Crippen LogP contribution in [0, 0.1) is 5.92 Å². The molecule has 1 atom stereocenters. The van der Waals surface area contributed by atoms with Crippen LogP contribution in [0.25, 0.3) is 0 Å². The predicted molar refractivity (Wildman–Crippen MR) is 115 cm³/mol. The first-order valence-corrected chi connectivity index (χ1v) is 10.6. The molecule has 3 heterocycles. The molecule has 2 aromatic rings. The molecule has 1 saturated heterocycles. The Morgan fingerprint density at radius 1 is 1.27 bits per heavy atom. The lowest BCUT2D eigenvalue weighted by Gasteiger charge is -2.39. The average molecular weight is 429 g/mol. The van der Waals surface area contributed by atoms with Crippen molar-refractivity contribution in [1.29, 1.82) is 0 Å². The van der Waals surface area contributed by atoms with Crippen LogP contribution < -0.4 is 15.0 Å². The van der Waals surface area contributed by atoms with Crippen LogP contribution in [0.15, 0.2) is 42.7 Å². The van der Waals surface area contributed by atoms with E-state index >= 15 is 0 Å². The van der Waals surface area contributed by atoms with Gasteiger partial charge in [0.1, 0.15) is 11.9 Å². The molecule has 8 heteroatoms. The number of benzene rings is 1. The van der Waals surface area contributed by atoms with Crippen LogP contribution in [0.1, 0.15) is 25.3 Å². The van der Waals surface area contributed by atoms with Gasteiger partial charge in [0.15, 0.2) is 0 Å². The Morgan fingerprint density at radius 3 is 2.80 bits per heavy atom. The number of carbonyl (C=O) groups excluding carboxylic acids is 2. The summed E-state index contributed by atoms with van der Waals surface area (Å²) in [6.45, 7) is 3.97. The number of aromatic nitrogens is 1. The summed E-state index contributed by atoms with van der Waals surface area (Å²) < 4.78 is 5.84. The Kier molecular flexibility index (Phi) is 6.08. The number of ether oxygens (including phenoxy) is 1. The van der Waals surface area contributed by atoms with Gasteiger partial charge in [-0.15, -0.1) is 0 Å². The minimum absolute atomic E-state index is 0.0306. The third kappa shape index (κ3) is 4.51. The molecule has 1 aromatic heterocycles. The van der Waals surface area contributed by atoms with E-state index in [9.17, 15) is 9.59 Å². The quantitative estimate of drug-likeness (QED) is 0.812. The monoisotopic (exact) mass is 428 g/mol. The lowest BCUT2D eigenvalue weighted by atomic mass is 9.96. The number of fused-ring (bicyclic) bond motifs is 1. The highest BCUT2D eigenvalue weighted by atomic mass is 35.5. The summed E-state index contributed by atoms with van der Waals surface area (Å²) in [6.07, 6.45) is 4.65. The molecule has 0 aliphatic carbocycles. The van der Waals surface area contributed by atoms with Crippen LogP contribution in [0.2, 0.25) is 5.02 Å². The molecular weight excluding hydrogens is 404 g/mol. The van der Waals surface area contributed by atoms with E-state index in [0.29, 0.717) is 55.5 Å². The van der Waals surface area contributed by atoms with Gasteiger partial charge in [-0.25, -0.2) is 4.79 Å². The van der Waals surface area contributed by atoms with Crippen LogP contribution in [0.5, 0.6) is 5.75 Å². The number of hydrogen-bond donors (Lipinski definition) is 1. The smallest absolute Gasteiger partial charge is 0.324 e. The first-order valence-electron chi connectivity index (χ1n) is 10.2. The summed E-state index contributed by atoms with van der Waals surface area (Å²) in [4.78, 5) is 33.3. The van der Waals surface area contributed by atoms with Crippen molar-refractivity contribution in [3.8, 4) is 5.75 Å². The molecule has 30 heavy (non-hydrogen) atoms. The number of nitrogens with one attached hydrogen (secondary N) is 1. The number of hydrogen-bond acceptors (Lipinski definition) is 4. The molecule has 0 saturated carbocycles. The highest BCUT2D eigenvalue weighted by Crippen LogP contribution is 2.36. The van der Waals surface area contributed by atoms with Gasteiger partial charge in [0.2, 0.25) is 5.91 Å². The van der Waals surface area contributed by atoms with E-state index in [1.165, 1.54) is 0 Å². The number of halogens is 1. The second-order valence-electron chi connectivity index (χ2n) is 7.77. The molecular formula is C22H25ClN4O3. The standard InChI is InChI=1S/C22H25ClN4O3/c1-15-14-27(19-11-18(23)4-5-20(19)30-15)22(29)26-9-6-17(7-10-26)21(28)25-13-16-3-2-8-24-12-16/h2-5,8,11-12,15,17H,6-7,9-10,13-14H2,1H3,(H,25,28). The van der Waals surface area contributed by atoms with Crippen molar-refractivity contribution in [2.75, 3.05) is 24.5 Å². The molecule has 3 amide bonds. The van der Waals surface area contributed by atoms with E-state index in [0.717, 1.165) is 5.56 Å². The van der Waals surface area contributed by atoms with Gasteiger partial charge in [0.05, 0.1) is 12.2 Å². The van der Waals surface area contributed by atoms with Crippen molar-refractivity contribution in [2.24, 2.45) is 5.92 Å². The van der Waals surface area contributed by atoms with Crippen molar-refractivity contribution < 1.29 is 14.3 Å². The van der Waals surface area contributed by atoms with E-state index in [1.54, 1.807) is 35.5 Å². The van der Waals surface area contributed by atoms with Gasteiger partial charge < -0.3 is 15.0 Å². The maximum Gasteiger partial charge on any atom is 0.324 e. The summed E-state index contributed by atoms with van der Waals surface area (Å²) in [6, 6.07) is 9.04. The third-order valence-electron chi connectivity index (χ3n) is 5.54. The van der Waals surface area contributed by atoms with Crippen LogP contribution >= 0.6 is 11.6 Å².